The number of rotatable bonds is 9. The molecule has 1 N–H and O–H groups in total. The van der Waals surface area contributed by atoms with Gasteiger partial charge in [-0.15, -0.1) is 0 Å². The van der Waals surface area contributed by atoms with Gasteiger partial charge in [-0.2, -0.15) is 0 Å². The number of nitrogens with zero attached hydrogens (tertiary/aromatic N) is 2. The number of hydrogen-bond donors (Lipinski definition) is 1. The normalized spacial score (nSPS) is 11.3. The molecule has 2 amide bonds. The zero-order chi connectivity index (χ0) is 24.0. The van der Waals surface area contributed by atoms with Crippen LogP contribution in [0, 0.1) is 0 Å². The summed E-state index contributed by atoms with van der Waals surface area (Å²) in [4.78, 5) is 15.4. The van der Waals surface area contributed by atoms with Crippen LogP contribution in [0.3, 0.4) is 0 Å². The van der Waals surface area contributed by atoms with Gasteiger partial charge >= 0.3 is 6.03 Å². The Morgan fingerprint density at radius 1 is 1.00 bits per heavy atom. The van der Waals surface area contributed by atoms with Gasteiger partial charge < -0.3 is 14.8 Å². The van der Waals surface area contributed by atoms with E-state index in [1.807, 2.05) is 29.2 Å². The van der Waals surface area contributed by atoms with Crippen molar-refractivity contribution < 1.29 is 4.79 Å². The van der Waals surface area contributed by atoms with Crippen molar-refractivity contribution in [3.8, 4) is 0 Å². The molecule has 0 radical (unpaired) electrons. The van der Waals surface area contributed by atoms with Crippen molar-refractivity contribution in [2.75, 3.05) is 11.9 Å². The fourth-order valence-electron chi connectivity index (χ4n) is 4.18. The smallest absolute Gasteiger partial charge is 0.322 e. The monoisotopic (exact) mass is 465 g/mol. The van der Waals surface area contributed by atoms with Crippen LogP contribution in [0.4, 0.5) is 10.5 Å². The summed E-state index contributed by atoms with van der Waals surface area (Å²) in [7, 11) is 0. The third-order valence-electron chi connectivity index (χ3n) is 5.90. The van der Waals surface area contributed by atoms with Gasteiger partial charge in [-0.1, -0.05) is 76.6 Å². The molecule has 5 heteroatoms. The lowest BCUT2D eigenvalue weighted by atomic mass is 9.93. The average molecular weight is 466 g/mol. The summed E-state index contributed by atoms with van der Waals surface area (Å²) in [6, 6.07) is 18.3. The van der Waals surface area contributed by atoms with E-state index >= 15 is 0 Å². The van der Waals surface area contributed by atoms with Crippen molar-refractivity contribution in [3.05, 3.63) is 88.2 Å². The number of para-hydroxylation sites is 1. The zero-order valence-electron chi connectivity index (χ0n) is 20.4. The summed E-state index contributed by atoms with van der Waals surface area (Å²) in [6.07, 6.45) is 2.95. The number of benzene rings is 2. The molecule has 4 nitrogen and oxygen atoms in total. The highest BCUT2D eigenvalue weighted by Gasteiger charge is 2.20. The minimum absolute atomic E-state index is 0.0534. The lowest BCUT2D eigenvalue weighted by Gasteiger charge is -2.26. The molecular formula is C28H36ClN3O. The van der Waals surface area contributed by atoms with Crippen molar-refractivity contribution in [1.82, 2.24) is 9.47 Å². The van der Waals surface area contributed by atoms with Crippen LogP contribution in [-0.2, 0) is 13.1 Å². The third-order valence-corrected chi connectivity index (χ3v) is 6.14. The topological polar surface area (TPSA) is 37.3 Å². The number of carbonyl (C=O) groups is 1. The average Bonchev–Trinajstić information content (AvgIpc) is 3.19. The summed E-state index contributed by atoms with van der Waals surface area (Å²) in [5.74, 6) is 0.655. The minimum atomic E-state index is -0.0534. The van der Waals surface area contributed by atoms with Gasteiger partial charge in [0, 0.05) is 35.7 Å². The Labute approximate surface area is 203 Å². The van der Waals surface area contributed by atoms with E-state index in [9.17, 15) is 4.79 Å². The highest BCUT2D eigenvalue weighted by molar-refractivity contribution is 6.30. The molecule has 3 aromatic rings. The van der Waals surface area contributed by atoms with E-state index in [4.69, 9.17) is 11.6 Å². The molecular weight excluding hydrogens is 430 g/mol. The molecule has 0 atom stereocenters. The van der Waals surface area contributed by atoms with Crippen LogP contribution in [-0.4, -0.2) is 22.0 Å². The van der Waals surface area contributed by atoms with Crippen LogP contribution in [0.25, 0.3) is 0 Å². The number of hydrogen-bond acceptors (Lipinski definition) is 1. The Balaban J connectivity index is 1.83. The predicted octanol–water partition coefficient (Wildman–Crippen LogP) is 7.88. The molecule has 0 bridgehead atoms. The Morgan fingerprint density at radius 3 is 2.27 bits per heavy atom. The van der Waals surface area contributed by atoms with Gasteiger partial charge in [0.05, 0.1) is 6.54 Å². The SMILES string of the molecule is CCCN(Cc1cccn1Cc1cccc(Cl)c1)C(=O)Nc1c(C(C)C)cccc1C(C)C. The minimum Gasteiger partial charge on any atom is -0.345 e. The first-order chi connectivity index (χ1) is 15.8. The molecule has 1 aromatic heterocycles. The van der Waals surface area contributed by atoms with Gasteiger partial charge in [0.2, 0.25) is 0 Å². The molecule has 176 valence electrons. The van der Waals surface area contributed by atoms with Crippen molar-refractivity contribution in [2.45, 2.75) is 66.0 Å². The van der Waals surface area contributed by atoms with Crippen molar-refractivity contribution in [2.24, 2.45) is 0 Å². The second-order valence-corrected chi connectivity index (χ2v) is 9.67. The first kappa shape index (κ1) is 24.9. The summed E-state index contributed by atoms with van der Waals surface area (Å²) in [5, 5.41) is 4.01. The second kappa shape index (κ2) is 11.4. The van der Waals surface area contributed by atoms with Crippen molar-refractivity contribution >= 4 is 23.3 Å². The lowest BCUT2D eigenvalue weighted by Crippen LogP contribution is -2.36. The largest absolute Gasteiger partial charge is 0.345 e. The lowest BCUT2D eigenvalue weighted by molar-refractivity contribution is 0.207. The number of urea groups is 1. The van der Waals surface area contributed by atoms with Crippen LogP contribution in [0.1, 0.15) is 75.3 Å². The molecule has 3 rings (SSSR count). The molecule has 0 saturated carbocycles. The molecule has 0 unspecified atom stereocenters. The molecule has 0 fully saturated rings. The van der Waals surface area contributed by atoms with E-state index in [2.05, 4.69) is 81.0 Å². The number of aromatic nitrogens is 1. The Bertz CT molecular complexity index is 1040. The highest BCUT2D eigenvalue weighted by atomic mass is 35.5. The standard InChI is InChI=1S/C28H36ClN3O/c1-6-15-32(19-24-12-9-16-31(24)18-22-10-7-11-23(29)17-22)28(33)30-27-25(20(2)3)13-8-14-26(27)21(4)5/h7-14,16-17,20-21H,6,15,18-19H2,1-5H3,(H,30,33). The van der Waals surface area contributed by atoms with E-state index in [-0.39, 0.29) is 6.03 Å². The molecule has 0 aliphatic heterocycles. The third kappa shape index (κ3) is 6.42. The van der Waals surface area contributed by atoms with Gasteiger partial charge in [-0.3, -0.25) is 0 Å². The van der Waals surface area contributed by atoms with E-state index in [1.165, 1.54) is 11.1 Å². The summed E-state index contributed by atoms with van der Waals surface area (Å²) in [5.41, 5.74) is 5.55. The van der Waals surface area contributed by atoms with Gasteiger partial charge in [0.1, 0.15) is 0 Å². The van der Waals surface area contributed by atoms with Gasteiger partial charge in [0.25, 0.3) is 0 Å². The first-order valence-corrected chi connectivity index (χ1v) is 12.2. The Morgan fingerprint density at radius 2 is 1.67 bits per heavy atom. The molecule has 33 heavy (non-hydrogen) atoms. The van der Waals surface area contributed by atoms with Gasteiger partial charge in [0.15, 0.2) is 0 Å². The molecule has 0 aliphatic carbocycles. The highest BCUT2D eigenvalue weighted by Crippen LogP contribution is 2.32. The maximum atomic E-state index is 13.5. The Kier molecular flexibility index (Phi) is 8.62. The number of anilines is 1. The fraction of sp³-hybridized carbons (Fsp3) is 0.393. The zero-order valence-corrected chi connectivity index (χ0v) is 21.2. The van der Waals surface area contributed by atoms with Crippen LogP contribution >= 0.6 is 11.6 Å². The molecule has 1 heterocycles. The van der Waals surface area contributed by atoms with Crippen molar-refractivity contribution in [3.63, 3.8) is 0 Å². The number of halogens is 1. The summed E-state index contributed by atoms with van der Waals surface area (Å²) in [6.45, 7) is 12.7. The summed E-state index contributed by atoms with van der Waals surface area (Å²) < 4.78 is 2.18. The molecule has 0 saturated heterocycles. The van der Waals surface area contributed by atoms with Gasteiger partial charge in [-0.05, 0) is 59.2 Å². The first-order valence-electron chi connectivity index (χ1n) is 11.9. The summed E-state index contributed by atoms with van der Waals surface area (Å²) >= 11 is 6.17. The Hall–Kier alpha value is -2.72. The molecule has 0 aliphatic rings. The van der Waals surface area contributed by atoms with E-state index in [1.54, 1.807) is 0 Å². The predicted molar refractivity (Wildman–Crippen MR) is 139 cm³/mol. The van der Waals surface area contributed by atoms with E-state index < -0.39 is 0 Å². The molecule has 0 spiro atoms. The van der Waals surface area contributed by atoms with E-state index in [0.717, 1.165) is 34.9 Å². The van der Waals surface area contributed by atoms with Crippen LogP contribution < -0.4 is 5.32 Å². The molecule has 2 aromatic carbocycles. The second-order valence-electron chi connectivity index (χ2n) is 9.23. The van der Waals surface area contributed by atoms with Crippen LogP contribution in [0.2, 0.25) is 5.02 Å². The van der Waals surface area contributed by atoms with E-state index in [0.29, 0.717) is 24.9 Å². The number of amides is 2. The maximum absolute atomic E-state index is 13.5. The number of nitrogens with one attached hydrogen (secondary N) is 1. The number of carbonyl (C=O) groups excluding carboxylic acids is 1. The maximum Gasteiger partial charge on any atom is 0.322 e. The quantitative estimate of drug-likeness (QED) is 0.342. The fourth-order valence-corrected chi connectivity index (χ4v) is 4.39. The van der Waals surface area contributed by atoms with Gasteiger partial charge in [-0.25, -0.2) is 4.79 Å². The van der Waals surface area contributed by atoms with Crippen LogP contribution in [0.15, 0.2) is 60.8 Å². The van der Waals surface area contributed by atoms with Crippen LogP contribution in [0.5, 0.6) is 0 Å². The van der Waals surface area contributed by atoms with Crippen molar-refractivity contribution in [1.29, 1.82) is 0 Å².